The normalized spacial score (nSPS) is 11.5. The maximum atomic E-state index is 5.41. The van der Waals surface area contributed by atoms with E-state index in [1.54, 1.807) is 0 Å². The van der Waals surface area contributed by atoms with Gasteiger partial charge < -0.3 is 0 Å². The van der Waals surface area contributed by atoms with Crippen LogP contribution < -0.4 is 0 Å². The molecule has 0 radical (unpaired) electrons. The summed E-state index contributed by atoms with van der Waals surface area (Å²) in [4.78, 5) is 15.6. The highest BCUT2D eigenvalue weighted by Crippen LogP contribution is 2.45. The Morgan fingerprint density at radius 3 is 1.61 bits per heavy atom. The first-order chi connectivity index (χ1) is 28.2. The van der Waals surface area contributed by atoms with E-state index in [9.17, 15) is 0 Å². The minimum atomic E-state index is 0.705. The van der Waals surface area contributed by atoms with E-state index in [1.165, 1.54) is 47.5 Å². The lowest BCUT2D eigenvalue weighted by molar-refractivity contribution is 1.18. The molecule has 57 heavy (non-hydrogen) atoms. The number of aromatic nitrogens is 3. The zero-order chi connectivity index (χ0) is 37.7. The fourth-order valence-electron chi connectivity index (χ4n) is 8.03. The predicted molar refractivity (Wildman–Crippen MR) is 240 cm³/mol. The van der Waals surface area contributed by atoms with Crippen LogP contribution >= 0.6 is 11.3 Å². The smallest absolute Gasteiger partial charge is 0.160 e. The molecule has 0 saturated heterocycles. The predicted octanol–water partition coefficient (Wildman–Crippen LogP) is 14.5. The van der Waals surface area contributed by atoms with Gasteiger partial charge in [0.05, 0.1) is 22.6 Å². The molecule has 11 rings (SSSR count). The topological polar surface area (TPSA) is 38.7 Å². The summed E-state index contributed by atoms with van der Waals surface area (Å²) < 4.78 is 2.53. The van der Waals surface area contributed by atoms with Crippen LogP contribution in [0, 0.1) is 0 Å². The molecule has 0 fully saturated rings. The second kappa shape index (κ2) is 13.8. The van der Waals surface area contributed by atoms with E-state index in [0.29, 0.717) is 5.82 Å². The van der Waals surface area contributed by atoms with E-state index >= 15 is 0 Å². The van der Waals surface area contributed by atoms with Crippen molar-refractivity contribution >= 4 is 53.2 Å². The molecule has 0 aliphatic heterocycles. The number of fused-ring (bicyclic) bond motifs is 6. The van der Waals surface area contributed by atoms with Crippen LogP contribution in [0.3, 0.4) is 0 Å². The zero-order valence-corrected chi connectivity index (χ0v) is 31.6. The molecule has 0 amide bonds. The third kappa shape index (κ3) is 5.95. The Bertz CT molecular complexity index is 3260. The maximum Gasteiger partial charge on any atom is 0.160 e. The van der Waals surface area contributed by atoms with Gasteiger partial charge in [-0.05, 0) is 57.3 Å². The van der Waals surface area contributed by atoms with Crippen molar-refractivity contribution in [2.75, 3.05) is 0 Å². The summed E-state index contributed by atoms with van der Waals surface area (Å²) in [6, 6.07) is 70.7. The SMILES string of the molecule is c1ccc(-c2ccc(-c3cc(-c4ccc(-c5ccc6nc(-c7cccc8ccccc78)c7c8ccccc8sc7c6c5)cc4)nc(-c4ccccc4)n3)cc2)cc1. The van der Waals surface area contributed by atoms with E-state index in [1.807, 2.05) is 35.6 Å². The fourth-order valence-corrected chi connectivity index (χ4v) is 9.25. The van der Waals surface area contributed by atoms with Crippen molar-refractivity contribution in [2.45, 2.75) is 0 Å². The summed E-state index contributed by atoms with van der Waals surface area (Å²) in [5.74, 6) is 0.705. The van der Waals surface area contributed by atoms with Gasteiger partial charge in [-0.2, -0.15) is 0 Å². The van der Waals surface area contributed by atoms with Crippen molar-refractivity contribution < 1.29 is 0 Å². The number of pyridine rings is 1. The molecule has 0 saturated carbocycles. The molecule has 3 heterocycles. The van der Waals surface area contributed by atoms with Crippen molar-refractivity contribution in [1.82, 2.24) is 15.0 Å². The molecule has 3 nitrogen and oxygen atoms in total. The average molecular weight is 744 g/mol. The molecule has 3 aromatic heterocycles. The lowest BCUT2D eigenvalue weighted by atomic mass is 9.96. The second-order valence-corrected chi connectivity index (χ2v) is 15.4. The second-order valence-electron chi connectivity index (χ2n) is 14.4. The molecule has 0 unspecified atom stereocenters. The Balaban J connectivity index is 0.999. The van der Waals surface area contributed by atoms with Gasteiger partial charge in [0.25, 0.3) is 0 Å². The first-order valence-corrected chi connectivity index (χ1v) is 20.0. The Morgan fingerprint density at radius 1 is 0.351 bits per heavy atom. The van der Waals surface area contributed by atoms with E-state index in [2.05, 4.69) is 176 Å². The Kier molecular flexibility index (Phi) is 8.01. The van der Waals surface area contributed by atoms with Crippen LogP contribution in [0.15, 0.2) is 200 Å². The summed E-state index contributed by atoms with van der Waals surface area (Å²) in [5, 5.41) is 6.07. The van der Waals surface area contributed by atoms with Crippen molar-refractivity contribution in [3.8, 4) is 67.4 Å². The number of hydrogen-bond acceptors (Lipinski definition) is 4. The molecule has 0 atom stereocenters. The monoisotopic (exact) mass is 743 g/mol. The number of benzene rings is 8. The van der Waals surface area contributed by atoms with Crippen LogP contribution in [0.1, 0.15) is 0 Å². The van der Waals surface area contributed by atoms with E-state index < -0.39 is 0 Å². The quantitative estimate of drug-likeness (QED) is 0.170. The largest absolute Gasteiger partial charge is 0.247 e. The van der Waals surface area contributed by atoms with Gasteiger partial charge in [-0.15, -0.1) is 11.3 Å². The molecule has 0 aliphatic carbocycles. The molecule has 266 valence electrons. The number of hydrogen-bond donors (Lipinski definition) is 0. The Morgan fingerprint density at radius 2 is 0.895 bits per heavy atom. The summed E-state index contributed by atoms with van der Waals surface area (Å²) in [6.07, 6.45) is 0. The first kappa shape index (κ1) is 33.1. The Hall–Kier alpha value is -7.27. The molecule has 8 aromatic carbocycles. The summed E-state index contributed by atoms with van der Waals surface area (Å²) >= 11 is 1.85. The van der Waals surface area contributed by atoms with Gasteiger partial charge in [-0.3, -0.25) is 0 Å². The molecule has 0 spiro atoms. The molecular formula is C53H33N3S. The lowest BCUT2D eigenvalue weighted by Gasteiger charge is -2.12. The average Bonchev–Trinajstić information content (AvgIpc) is 3.69. The summed E-state index contributed by atoms with van der Waals surface area (Å²) in [6.45, 7) is 0. The molecule has 0 bridgehead atoms. The van der Waals surface area contributed by atoms with Crippen LogP contribution in [0.4, 0.5) is 0 Å². The van der Waals surface area contributed by atoms with Gasteiger partial charge in [-0.1, -0.05) is 176 Å². The van der Waals surface area contributed by atoms with E-state index in [-0.39, 0.29) is 0 Å². The molecule has 11 aromatic rings. The van der Waals surface area contributed by atoms with Gasteiger partial charge >= 0.3 is 0 Å². The van der Waals surface area contributed by atoms with Crippen LogP contribution in [-0.2, 0) is 0 Å². The van der Waals surface area contributed by atoms with Crippen LogP contribution in [0.25, 0.3) is 109 Å². The highest BCUT2D eigenvalue weighted by molar-refractivity contribution is 7.26. The van der Waals surface area contributed by atoms with Crippen molar-refractivity contribution in [2.24, 2.45) is 0 Å². The minimum Gasteiger partial charge on any atom is -0.247 e. The van der Waals surface area contributed by atoms with Gasteiger partial charge in [0.15, 0.2) is 5.82 Å². The van der Waals surface area contributed by atoms with Crippen LogP contribution in [0.5, 0.6) is 0 Å². The molecule has 0 aliphatic rings. The van der Waals surface area contributed by atoms with Crippen LogP contribution in [0.2, 0.25) is 0 Å². The van der Waals surface area contributed by atoms with Crippen molar-refractivity contribution in [3.63, 3.8) is 0 Å². The highest BCUT2D eigenvalue weighted by Gasteiger charge is 2.18. The fraction of sp³-hybridized carbons (Fsp3) is 0. The van der Waals surface area contributed by atoms with Crippen molar-refractivity contribution in [1.29, 1.82) is 0 Å². The van der Waals surface area contributed by atoms with Crippen molar-refractivity contribution in [3.05, 3.63) is 200 Å². The number of rotatable bonds is 6. The summed E-state index contributed by atoms with van der Waals surface area (Å²) in [7, 11) is 0. The molecule has 0 N–H and O–H groups in total. The molecule has 4 heteroatoms. The number of thiophene rings is 1. The maximum absolute atomic E-state index is 5.41. The van der Waals surface area contributed by atoms with Gasteiger partial charge in [0.2, 0.25) is 0 Å². The summed E-state index contributed by atoms with van der Waals surface area (Å²) in [5.41, 5.74) is 12.7. The lowest BCUT2D eigenvalue weighted by Crippen LogP contribution is -1.96. The minimum absolute atomic E-state index is 0.705. The first-order valence-electron chi connectivity index (χ1n) is 19.2. The Labute approximate surface area is 334 Å². The third-order valence-electron chi connectivity index (χ3n) is 10.9. The third-order valence-corrected chi connectivity index (χ3v) is 12.1. The van der Waals surface area contributed by atoms with Crippen LogP contribution in [-0.4, -0.2) is 15.0 Å². The highest BCUT2D eigenvalue weighted by atomic mass is 32.1. The standard InChI is InChI=1S/C53H33N3S/c1-3-12-34(13-4-1)35-22-26-38(27-23-35)47-33-48(56-53(55-47)40-15-5-2-6-16-40)39-28-24-36(25-29-39)41-30-31-46-45(32-41)52-50(44-19-9-10-21-49(44)57-52)51(54-46)43-20-11-17-37-14-7-8-18-42(37)43/h1-33H. The van der Waals surface area contributed by atoms with Gasteiger partial charge in [0.1, 0.15) is 0 Å². The zero-order valence-electron chi connectivity index (χ0n) is 30.8. The number of nitrogens with zero attached hydrogens (tertiary/aromatic N) is 3. The van der Waals surface area contributed by atoms with E-state index in [4.69, 9.17) is 15.0 Å². The van der Waals surface area contributed by atoms with Gasteiger partial charge in [0, 0.05) is 47.8 Å². The molecular weight excluding hydrogens is 711 g/mol. The van der Waals surface area contributed by atoms with Gasteiger partial charge in [-0.25, -0.2) is 15.0 Å². The van der Waals surface area contributed by atoms with E-state index in [0.717, 1.165) is 56.0 Å².